The van der Waals surface area contributed by atoms with Gasteiger partial charge in [-0.15, -0.1) is 11.3 Å². The number of anilines is 1. The van der Waals surface area contributed by atoms with Crippen molar-refractivity contribution in [3.8, 4) is 0 Å². The van der Waals surface area contributed by atoms with Crippen molar-refractivity contribution in [1.82, 2.24) is 4.31 Å². The highest BCUT2D eigenvalue weighted by molar-refractivity contribution is 7.89. The molecule has 0 aliphatic carbocycles. The average molecular weight is 401 g/mol. The van der Waals surface area contributed by atoms with E-state index in [0.29, 0.717) is 18.8 Å². The van der Waals surface area contributed by atoms with Crippen molar-refractivity contribution >= 4 is 43.7 Å². The molecule has 2 heterocycles. The van der Waals surface area contributed by atoms with Crippen LogP contribution in [-0.4, -0.2) is 31.7 Å². The minimum Gasteiger partial charge on any atom is -0.321 e. The van der Waals surface area contributed by atoms with Crippen molar-refractivity contribution in [2.24, 2.45) is 0 Å². The molecule has 1 N–H and O–H groups in total. The molecule has 5 nitrogen and oxygen atoms in total. The summed E-state index contributed by atoms with van der Waals surface area (Å²) < 4.78 is 27.5. The van der Waals surface area contributed by atoms with Gasteiger partial charge >= 0.3 is 0 Å². The lowest BCUT2D eigenvalue weighted by molar-refractivity contribution is 0.102. The molecule has 7 heteroatoms. The number of piperidine rings is 1. The van der Waals surface area contributed by atoms with E-state index in [1.165, 1.54) is 10.4 Å². The van der Waals surface area contributed by atoms with Crippen molar-refractivity contribution in [1.29, 1.82) is 0 Å². The van der Waals surface area contributed by atoms with E-state index in [0.717, 1.165) is 41.4 Å². The summed E-state index contributed by atoms with van der Waals surface area (Å²) in [4.78, 5) is 13.2. The third-order valence-corrected chi connectivity index (χ3v) is 7.79. The number of nitrogens with one attached hydrogen (secondary N) is 1. The molecule has 1 amide bonds. The van der Waals surface area contributed by atoms with Crippen molar-refractivity contribution in [2.75, 3.05) is 18.4 Å². The lowest BCUT2D eigenvalue weighted by atomic mass is 10.1. The van der Waals surface area contributed by atoms with Crippen LogP contribution in [-0.2, 0) is 10.0 Å². The molecule has 1 saturated heterocycles. The lowest BCUT2D eigenvalue weighted by Crippen LogP contribution is -2.36. The molecule has 140 valence electrons. The summed E-state index contributed by atoms with van der Waals surface area (Å²) in [6.07, 6.45) is 2.77. The molecule has 0 bridgehead atoms. The standard InChI is InChI=1S/C20H20N2O3S2/c23-20(21-17-10-6-8-15-7-2-3-9-16(15)17)19-18(11-14-26-19)27(24,25)22-12-4-1-5-13-22/h2-3,6-11,14H,1,4-5,12-13H2,(H,21,23). The van der Waals surface area contributed by atoms with Gasteiger partial charge in [0.2, 0.25) is 10.0 Å². The number of carbonyl (C=O) groups is 1. The van der Waals surface area contributed by atoms with Gasteiger partial charge in [-0.3, -0.25) is 4.79 Å². The second-order valence-electron chi connectivity index (χ2n) is 6.56. The van der Waals surface area contributed by atoms with Gasteiger partial charge in [0.15, 0.2) is 0 Å². The Hall–Kier alpha value is -2.22. The van der Waals surface area contributed by atoms with Gasteiger partial charge in [0.05, 0.1) is 0 Å². The summed E-state index contributed by atoms with van der Waals surface area (Å²) in [5.74, 6) is -0.392. The quantitative estimate of drug-likeness (QED) is 0.709. The summed E-state index contributed by atoms with van der Waals surface area (Å²) in [5, 5.41) is 6.49. The fraction of sp³-hybridized carbons (Fsp3) is 0.250. The monoisotopic (exact) mass is 400 g/mol. The van der Waals surface area contributed by atoms with Crippen LogP contribution in [0.2, 0.25) is 0 Å². The first kappa shape index (κ1) is 18.2. The van der Waals surface area contributed by atoms with Crippen LogP contribution in [0.4, 0.5) is 5.69 Å². The Kier molecular flexibility index (Phi) is 4.99. The minimum absolute atomic E-state index is 0.104. The number of hydrogen-bond donors (Lipinski definition) is 1. The van der Waals surface area contributed by atoms with Crippen LogP contribution in [0.25, 0.3) is 10.8 Å². The van der Waals surface area contributed by atoms with Crippen molar-refractivity contribution in [3.05, 3.63) is 58.8 Å². The zero-order valence-electron chi connectivity index (χ0n) is 14.7. The molecule has 3 aromatic rings. The molecule has 1 aromatic heterocycles. The molecular formula is C20H20N2O3S2. The summed E-state index contributed by atoms with van der Waals surface area (Å²) in [6, 6.07) is 15.0. The van der Waals surface area contributed by atoms with Gasteiger partial charge in [-0.25, -0.2) is 8.42 Å². The van der Waals surface area contributed by atoms with E-state index >= 15 is 0 Å². The van der Waals surface area contributed by atoms with E-state index in [4.69, 9.17) is 0 Å². The molecule has 27 heavy (non-hydrogen) atoms. The Labute approximate surface area is 162 Å². The molecule has 1 aliphatic heterocycles. The van der Waals surface area contributed by atoms with Crippen LogP contribution >= 0.6 is 11.3 Å². The summed E-state index contributed by atoms with van der Waals surface area (Å²) >= 11 is 1.16. The molecule has 0 atom stereocenters. The average Bonchev–Trinajstić information content (AvgIpc) is 3.20. The Bertz CT molecular complexity index is 1080. The predicted octanol–water partition coefficient (Wildman–Crippen LogP) is 4.33. The Morgan fingerprint density at radius 2 is 1.70 bits per heavy atom. The maximum atomic E-state index is 13.0. The fourth-order valence-electron chi connectivity index (χ4n) is 3.42. The van der Waals surface area contributed by atoms with Gasteiger partial charge in [0.25, 0.3) is 5.91 Å². The number of carbonyl (C=O) groups excluding carboxylic acids is 1. The third-order valence-electron chi connectivity index (χ3n) is 4.81. The minimum atomic E-state index is -3.65. The lowest BCUT2D eigenvalue weighted by Gasteiger charge is -2.25. The van der Waals surface area contributed by atoms with Gasteiger partial charge in [0, 0.05) is 24.2 Å². The Morgan fingerprint density at radius 1 is 0.963 bits per heavy atom. The fourth-order valence-corrected chi connectivity index (χ4v) is 6.24. The second kappa shape index (κ2) is 7.42. The number of fused-ring (bicyclic) bond motifs is 1. The summed E-state index contributed by atoms with van der Waals surface area (Å²) in [5.41, 5.74) is 0.674. The molecule has 0 unspecified atom stereocenters. The van der Waals surface area contributed by atoms with Crippen LogP contribution in [0, 0.1) is 0 Å². The topological polar surface area (TPSA) is 66.5 Å². The predicted molar refractivity (Wildman–Crippen MR) is 109 cm³/mol. The maximum absolute atomic E-state index is 13.0. The Balaban J connectivity index is 1.65. The molecule has 1 aliphatic rings. The van der Waals surface area contributed by atoms with E-state index in [9.17, 15) is 13.2 Å². The van der Waals surface area contributed by atoms with E-state index in [-0.39, 0.29) is 9.77 Å². The van der Waals surface area contributed by atoms with Crippen LogP contribution in [0.15, 0.2) is 58.8 Å². The first-order valence-electron chi connectivity index (χ1n) is 8.94. The number of nitrogens with zero attached hydrogens (tertiary/aromatic N) is 1. The van der Waals surface area contributed by atoms with Crippen LogP contribution in [0.3, 0.4) is 0 Å². The van der Waals surface area contributed by atoms with Crippen molar-refractivity contribution in [3.63, 3.8) is 0 Å². The smallest absolute Gasteiger partial charge is 0.267 e. The van der Waals surface area contributed by atoms with E-state index < -0.39 is 15.9 Å². The normalized spacial score (nSPS) is 15.7. The summed E-state index contributed by atoms with van der Waals surface area (Å²) in [7, 11) is -3.65. The molecule has 1 fully saturated rings. The number of amides is 1. The third kappa shape index (κ3) is 3.50. The van der Waals surface area contributed by atoms with E-state index in [1.807, 2.05) is 42.5 Å². The van der Waals surface area contributed by atoms with Crippen LogP contribution in [0.1, 0.15) is 28.9 Å². The number of benzene rings is 2. The van der Waals surface area contributed by atoms with Gasteiger partial charge < -0.3 is 5.32 Å². The number of thiophene rings is 1. The van der Waals surface area contributed by atoms with Crippen molar-refractivity contribution < 1.29 is 13.2 Å². The maximum Gasteiger partial charge on any atom is 0.267 e. The molecule has 0 radical (unpaired) electrons. The second-order valence-corrected chi connectivity index (χ2v) is 9.38. The van der Waals surface area contributed by atoms with E-state index in [2.05, 4.69) is 5.32 Å². The molecule has 2 aromatic carbocycles. The Morgan fingerprint density at radius 3 is 2.52 bits per heavy atom. The van der Waals surface area contributed by atoms with Gasteiger partial charge in [0.1, 0.15) is 9.77 Å². The highest BCUT2D eigenvalue weighted by Crippen LogP contribution is 2.29. The number of rotatable bonds is 4. The SMILES string of the molecule is O=C(Nc1cccc2ccccc12)c1sccc1S(=O)(=O)N1CCCCC1. The van der Waals surface area contributed by atoms with E-state index in [1.54, 1.807) is 5.38 Å². The highest BCUT2D eigenvalue weighted by Gasteiger charge is 2.31. The van der Waals surface area contributed by atoms with Crippen LogP contribution in [0.5, 0.6) is 0 Å². The largest absolute Gasteiger partial charge is 0.321 e. The molecular weight excluding hydrogens is 380 g/mol. The number of hydrogen-bond acceptors (Lipinski definition) is 4. The van der Waals surface area contributed by atoms with Crippen LogP contribution < -0.4 is 5.32 Å². The molecule has 0 spiro atoms. The molecule has 0 saturated carbocycles. The van der Waals surface area contributed by atoms with Gasteiger partial charge in [-0.2, -0.15) is 4.31 Å². The highest BCUT2D eigenvalue weighted by atomic mass is 32.2. The zero-order chi connectivity index (χ0) is 18.9. The first-order chi connectivity index (χ1) is 13.1. The van der Waals surface area contributed by atoms with Gasteiger partial charge in [-0.05, 0) is 35.7 Å². The molecule has 4 rings (SSSR count). The summed E-state index contributed by atoms with van der Waals surface area (Å²) in [6.45, 7) is 1.03. The number of sulfonamides is 1. The first-order valence-corrected chi connectivity index (χ1v) is 11.3. The zero-order valence-corrected chi connectivity index (χ0v) is 16.4. The van der Waals surface area contributed by atoms with Crippen molar-refractivity contribution in [2.45, 2.75) is 24.2 Å². The van der Waals surface area contributed by atoms with Gasteiger partial charge in [-0.1, -0.05) is 42.8 Å².